The van der Waals surface area contributed by atoms with Gasteiger partial charge in [-0.25, -0.2) is 8.78 Å². The van der Waals surface area contributed by atoms with Crippen molar-refractivity contribution in [3.8, 4) is 0 Å². The first kappa shape index (κ1) is 11.6. The molecule has 1 fully saturated rings. The second kappa shape index (κ2) is 4.20. The number of likely N-dealkylation sites (tertiary alicyclic amines) is 1. The minimum Gasteiger partial charge on any atom is -0.399 e. The Hall–Kier alpha value is -1.85. The van der Waals surface area contributed by atoms with E-state index >= 15 is 0 Å². The molecule has 6 heteroatoms. The molecule has 17 heavy (non-hydrogen) atoms. The Balaban J connectivity index is 2.22. The molecule has 0 aromatic heterocycles. The van der Waals surface area contributed by atoms with Gasteiger partial charge in [0.1, 0.15) is 11.7 Å². The number of likely N-dealkylation sites (N-methyl/N-ethyl adjacent to an activating group) is 1. The summed E-state index contributed by atoms with van der Waals surface area (Å²) >= 11 is 0. The fraction of sp³-hybridized carbons (Fsp3) is 0.364. The molecule has 1 amide bonds. The number of anilines is 2. The minimum absolute atomic E-state index is 0.0143. The quantitative estimate of drug-likeness (QED) is 0.765. The molecular weight excluding hydrogens is 228 g/mol. The number of amides is 1. The summed E-state index contributed by atoms with van der Waals surface area (Å²) in [4.78, 5) is 13.1. The van der Waals surface area contributed by atoms with E-state index < -0.39 is 17.7 Å². The predicted octanol–water partition coefficient (Wildman–Crippen LogP) is 1.19. The third-order valence-electron chi connectivity index (χ3n) is 2.81. The number of hydrogen-bond acceptors (Lipinski definition) is 3. The standard InChI is InChI=1S/C11H13F2N3O/c1-16-3-2-9(11(16)17)15-10-7(12)4-6(14)5-8(10)13/h4-5,9,15H,2-3,14H2,1H3. The Kier molecular flexibility index (Phi) is 2.87. The lowest BCUT2D eigenvalue weighted by atomic mass is 10.2. The predicted molar refractivity (Wildman–Crippen MR) is 60.4 cm³/mol. The molecule has 1 aliphatic heterocycles. The van der Waals surface area contributed by atoms with E-state index in [1.54, 1.807) is 7.05 Å². The van der Waals surface area contributed by atoms with Gasteiger partial charge in [0, 0.05) is 19.3 Å². The summed E-state index contributed by atoms with van der Waals surface area (Å²) in [5.74, 6) is -1.74. The van der Waals surface area contributed by atoms with Crippen molar-refractivity contribution in [2.75, 3.05) is 24.6 Å². The average Bonchev–Trinajstić information content (AvgIpc) is 2.54. The van der Waals surface area contributed by atoms with Crippen molar-refractivity contribution in [2.24, 2.45) is 0 Å². The number of benzene rings is 1. The van der Waals surface area contributed by atoms with Gasteiger partial charge in [0.05, 0.1) is 0 Å². The molecule has 92 valence electrons. The first-order chi connectivity index (χ1) is 7.99. The van der Waals surface area contributed by atoms with Crippen LogP contribution in [0.3, 0.4) is 0 Å². The van der Waals surface area contributed by atoms with E-state index in [2.05, 4.69) is 5.32 Å². The molecule has 4 nitrogen and oxygen atoms in total. The highest BCUT2D eigenvalue weighted by Crippen LogP contribution is 2.24. The zero-order valence-corrected chi connectivity index (χ0v) is 9.34. The van der Waals surface area contributed by atoms with Crippen LogP contribution >= 0.6 is 0 Å². The molecule has 1 atom stereocenters. The van der Waals surface area contributed by atoms with E-state index in [1.807, 2.05) is 0 Å². The molecule has 1 heterocycles. The van der Waals surface area contributed by atoms with Crippen molar-refractivity contribution >= 4 is 17.3 Å². The molecule has 0 saturated carbocycles. The van der Waals surface area contributed by atoms with Gasteiger partial charge in [0.15, 0.2) is 11.6 Å². The number of halogens is 2. The lowest BCUT2D eigenvalue weighted by molar-refractivity contribution is -0.127. The van der Waals surface area contributed by atoms with Crippen LogP contribution in [0.15, 0.2) is 12.1 Å². The summed E-state index contributed by atoms with van der Waals surface area (Å²) in [6, 6.07) is 1.47. The summed E-state index contributed by atoms with van der Waals surface area (Å²) < 4.78 is 27.0. The lowest BCUT2D eigenvalue weighted by Gasteiger charge is -2.15. The molecule has 1 aromatic carbocycles. The molecule has 1 aromatic rings. The van der Waals surface area contributed by atoms with Gasteiger partial charge >= 0.3 is 0 Å². The maximum Gasteiger partial charge on any atom is 0.244 e. The summed E-state index contributed by atoms with van der Waals surface area (Å²) in [7, 11) is 1.65. The zero-order chi connectivity index (χ0) is 12.6. The third-order valence-corrected chi connectivity index (χ3v) is 2.81. The van der Waals surface area contributed by atoms with Crippen LogP contribution < -0.4 is 11.1 Å². The van der Waals surface area contributed by atoms with Gasteiger partial charge in [-0.1, -0.05) is 0 Å². The van der Waals surface area contributed by atoms with Crippen LogP contribution in [0, 0.1) is 11.6 Å². The van der Waals surface area contributed by atoms with Crippen LogP contribution in [0.25, 0.3) is 0 Å². The minimum atomic E-state index is -0.787. The van der Waals surface area contributed by atoms with Crippen molar-refractivity contribution in [3.05, 3.63) is 23.8 Å². The van der Waals surface area contributed by atoms with E-state index in [1.165, 1.54) is 4.90 Å². The van der Waals surface area contributed by atoms with Gasteiger partial charge in [-0.2, -0.15) is 0 Å². The molecule has 1 unspecified atom stereocenters. The largest absolute Gasteiger partial charge is 0.399 e. The van der Waals surface area contributed by atoms with Crippen molar-refractivity contribution < 1.29 is 13.6 Å². The first-order valence-corrected chi connectivity index (χ1v) is 5.25. The van der Waals surface area contributed by atoms with E-state index in [0.717, 1.165) is 12.1 Å². The smallest absolute Gasteiger partial charge is 0.244 e. The van der Waals surface area contributed by atoms with Gasteiger partial charge in [-0.05, 0) is 18.6 Å². The van der Waals surface area contributed by atoms with E-state index in [-0.39, 0.29) is 17.3 Å². The molecule has 3 N–H and O–H groups in total. The van der Waals surface area contributed by atoms with E-state index in [4.69, 9.17) is 5.73 Å². The second-order valence-electron chi connectivity index (χ2n) is 4.10. The average molecular weight is 241 g/mol. The highest BCUT2D eigenvalue weighted by atomic mass is 19.1. The fourth-order valence-corrected chi connectivity index (χ4v) is 1.86. The van der Waals surface area contributed by atoms with Crippen LogP contribution in [0.2, 0.25) is 0 Å². The Labute approximate surface area is 97.4 Å². The number of hydrogen-bond donors (Lipinski definition) is 2. The maximum atomic E-state index is 13.5. The highest BCUT2D eigenvalue weighted by molar-refractivity contribution is 5.86. The van der Waals surface area contributed by atoms with Gasteiger partial charge in [0.2, 0.25) is 5.91 Å². The molecular formula is C11H13F2N3O. The molecule has 1 saturated heterocycles. The van der Waals surface area contributed by atoms with Crippen LogP contribution in [-0.4, -0.2) is 30.4 Å². The van der Waals surface area contributed by atoms with Gasteiger partial charge in [0.25, 0.3) is 0 Å². The van der Waals surface area contributed by atoms with Gasteiger partial charge < -0.3 is 16.0 Å². The first-order valence-electron chi connectivity index (χ1n) is 5.25. The molecule has 0 spiro atoms. The van der Waals surface area contributed by atoms with E-state index in [0.29, 0.717) is 13.0 Å². The van der Waals surface area contributed by atoms with Crippen molar-refractivity contribution in [3.63, 3.8) is 0 Å². The Bertz CT molecular complexity index is 441. The summed E-state index contributed by atoms with van der Waals surface area (Å²) in [5.41, 5.74) is 5.02. The summed E-state index contributed by atoms with van der Waals surface area (Å²) in [5, 5.41) is 2.59. The number of nitrogens with zero attached hydrogens (tertiary/aromatic N) is 1. The molecule has 2 rings (SSSR count). The van der Waals surface area contributed by atoms with E-state index in [9.17, 15) is 13.6 Å². The normalized spacial score (nSPS) is 19.8. The Morgan fingerprint density at radius 1 is 1.41 bits per heavy atom. The van der Waals surface area contributed by atoms with Crippen molar-refractivity contribution in [2.45, 2.75) is 12.5 Å². The lowest BCUT2D eigenvalue weighted by Crippen LogP contribution is -2.31. The van der Waals surface area contributed by atoms with Crippen LogP contribution in [-0.2, 0) is 4.79 Å². The van der Waals surface area contributed by atoms with Crippen LogP contribution in [0.1, 0.15) is 6.42 Å². The number of carbonyl (C=O) groups excluding carboxylic acids is 1. The fourth-order valence-electron chi connectivity index (χ4n) is 1.86. The van der Waals surface area contributed by atoms with Crippen LogP contribution in [0.5, 0.6) is 0 Å². The molecule has 0 radical (unpaired) electrons. The third kappa shape index (κ3) is 2.15. The van der Waals surface area contributed by atoms with Crippen LogP contribution in [0.4, 0.5) is 20.2 Å². The second-order valence-corrected chi connectivity index (χ2v) is 4.10. The van der Waals surface area contributed by atoms with Crippen molar-refractivity contribution in [1.82, 2.24) is 4.90 Å². The van der Waals surface area contributed by atoms with Gasteiger partial charge in [-0.15, -0.1) is 0 Å². The summed E-state index contributed by atoms with van der Waals surface area (Å²) in [6.07, 6.45) is 0.526. The summed E-state index contributed by atoms with van der Waals surface area (Å²) in [6.45, 7) is 0.578. The molecule has 0 bridgehead atoms. The molecule has 1 aliphatic rings. The van der Waals surface area contributed by atoms with Gasteiger partial charge in [-0.3, -0.25) is 4.79 Å². The number of nitrogen functional groups attached to an aromatic ring is 1. The maximum absolute atomic E-state index is 13.5. The topological polar surface area (TPSA) is 58.4 Å². The highest BCUT2D eigenvalue weighted by Gasteiger charge is 2.30. The number of nitrogens with two attached hydrogens (primary N) is 1. The number of nitrogens with one attached hydrogen (secondary N) is 1. The van der Waals surface area contributed by atoms with Crippen molar-refractivity contribution in [1.29, 1.82) is 0 Å². The number of carbonyl (C=O) groups is 1. The zero-order valence-electron chi connectivity index (χ0n) is 9.34. The Morgan fingerprint density at radius 3 is 2.47 bits per heavy atom. The Morgan fingerprint density at radius 2 is 2.00 bits per heavy atom. The SMILES string of the molecule is CN1CCC(Nc2c(F)cc(N)cc2F)C1=O. The molecule has 0 aliphatic carbocycles. The number of rotatable bonds is 2. The monoisotopic (exact) mass is 241 g/mol.